The number of benzene rings is 2. The van der Waals surface area contributed by atoms with E-state index in [2.05, 4.69) is 21.2 Å². The van der Waals surface area contributed by atoms with Crippen LogP contribution in [0.15, 0.2) is 53.4 Å². The topological polar surface area (TPSA) is 44.8 Å². The number of ether oxygens (including phenoxy) is 1. The van der Waals surface area contributed by atoms with E-state index in [1.807, 2.05) is 55.6 Å². The number of amides is 1. The fraction of sp³-hybridized carbons (Fsp3) is 0.381. The van der Waals surface area contributed by atoms with Crippen molar-refractivity contribution in [3.63, 3.8) is 0 Å². The Morgan fingerprint density at radius 3 is 2.52 bits per heavy atom. The van der Waals surface area contributed by atoms with Gasteiger partial charge in [0.05, 0.1) is 24.5 Å². The maximum absolute atomic E-state index is 12.4. The molecule has 1 amide bonds. The highest BCUT2D eigenvalue weighted by Crippen LogP contribution is 2.29. The molecule has 0 saturated carbocycles. The Labute approximate surface area is 165 Å². The molecule has 0 unspecified atom stereocenters. The number of anilines is 2. The van der Waals surface area contributed by atoms with Crippen LogP contribution in [0.4, 0.5) is 11.4 Å². The van der Waals surface area contributed by atoms with Gasteiger partial charge in [-0.15, -0.1) is 11.8 Å². The molecule has 2 aromatic carbocycles. The zero-order chi connectivity index (χ0) is 19.1. The minimum absolute atomic E-state index is 0.0414. The van der Waals surface area contributed by atoms with Crippen LogP contribution in [0.2, 0.25) is 0 Å². The summed E-state index contributed by atoms with van der Waals surface area (Å²) >= 11 is 1.64. The molecule has 0 radical (unpaired) electrons. The van der Waals surface area contributed by atoms with Crippen molar-refractivity contribution in [1.29, 1.82) is 0 Å². The third kappa shape index (κ3) is 5.17. The van der Waals surface area contributed by atoms with E-state index < -0.39 is 0 Å². The van der Waals surface area contributed by atoms with Crippen molar-refractivity contribution < 1.29 is 9.53 Å². The number of carbonyl (C=O) groups is 1. The van der Waals surface area contributed by atoms with Crippen LogP contribution in [0.1, 0.15) is 6.92 Å². The highest BCUT2D eigenvalue weighted by atomic mass is 32.2. The largest absolute Gasteiger partial charge is 0.492 e. The standard InChI is InChI=1S/C21H27N3O2S/c1-3-26-19-10-6-5-9-18(19)24-14-12-23(13-15-24)16-21(25)22-17-8-4-7-11-20(17)27-2/h4-11H,3,12-16H2,1-2H3,(H,22,25). The van der Waals surface area contributed by atoms with E-state index in [9.17, 15) is 4.79 Å². The number of nitrogens with zero attached hydrogens (tertiary/aromatic N) is 2. The number of piperazine rings is 1. The Morgan fingerprint density at radius 2 is 1.78 bits per heavy atom. The second-order valence-electron chi connectivity index (χ2n) is 6.41. The van der Waals surface area contributed by atoms with Crippen LogP contribution < -0.4 is 15.0 Å². The summed E-state index contributed by atoms with van der Waals surface area (Å²) in [6.45, 7) is 6.58. The van der Waals surface area contributed by atoms with Gasteiger partial charge in [-0.3, -0.25) is 9.69 Å². The second-order valence-corrected chi connectivity index (χ2v) is 7.26. The van der Waals surface area contributed by atoms with Crippen molar-refractivity contribution in [3.8, 4) is 5.75 Å². The summed E-state index contributed by atoms with van der Waals surface area (Å²) in [6.07, 6.45) is 2.02. The van der Waals surface area contributed by atoms with Crippen LogP contribution in [-0.2, 0) is 4.79 Å². The van der Waals surface area contributed by atoms with Crippen molar-refractivity contribution in [2.75, 3.05) is 55.8 Å². The van der Waals surface area contributed by atoms with Crippen LogP contribution >= 0.6 is 11.8 Å². The van der Waals surface area contributed by atoms with Crippen LogP contribution in [0.25, 0.3) is 0 Å². The molecule has 144 valence electrons. The summed E-state index contributed by atoms with van der Waals surface area (Å²) in [5.41, 5.74) is 2.02. The number of thioether (sulfide) groups is 1. The first kappa shape index (κ1) is 19.6. The molecule has 0 atom stereocenters. The zero-order valence-corrected chi connectivity index (χ0v) is 16.8. The first-order chi connectivity index (χ1) is 13.2. The molecule has 3 rings (SSSR count). The molecule has 1 aliphatic heterocycles. The molecule has 27 heavy (non-hydrogen) atoms. The van der Waals surface area contributed by atoms with E-state index in [1.165, 1.54) is 0 Å². The second kappa shape index (κ2) is 9.67. The highest BCUT2D eigenvalue weighted by molar-refractivity contribution is 7.98. The van der Waals surface area contributed by atoms with Gasteiger partial charge in [0, 0.05) is 31.1 Å². The van der Waals surface area contributed by atoms with E-state index in [1.54, 1.807) is 11.8 Å². The average molecular weight is 386 g/mol. The molecule has 0 aromatic heterocycles. The molecule has 1 fully saturated rings. The van der Waals surface area contributed by atoms with Gasteiger partial charge in [0.15, 0.2) is 0 Å². The summed E-state index contributed by atoms with van der Waals surface area (Å²) < 4.78 is 5.75. The predicted octanol–water partition coefficient (Wildman–Crippen LogP) is 3.57. The fourth-order valence-corrected chi connectivity index (χ4v) is 3.84. The van der Waals surface area contributed by atoms with Crippen molar-refractivity contribution in [2.24, 2.45) is 0 Å². The van der Waals surface area contributed by atoms with Crippen molar-refractivity contribution in [3.05, 3.63) is 48.5 Å². The van der Waals surface area contributed by atoms with Gasteiger partial charge in [-0.1, -0.05) is 24.3 Å². The number of rotatable bonds is 7. The van der Waals surface area contributed by atoms with E-state index in [0.29, 0.717) is 13.2 Å². The number of nitrogens with one attached hydrogen (secondary N) is 1. The van der Waals surface area contributed by atoms with E-state index in [-0.39, 0.29) is 5.91 Å². The first-order valence-electron chi connectivity index (χ1n) is 9.33. The van der Waals surface area contributed by atoms with Crippen molar-refractivity contribution >= 4 is 29.0 Å². The summed E-state index contributed by atoms with van der Waals surface area (Å²) in [6, 6.07) is 16.1. The predicted molar refractivity (Wildman–Crippen MR) is 113 cm³/mol. The molecule has 5 nitrogen and oxygen atoms in total. The summed E-state index contributed by atoms with van der Waals surface area (Å²) in [7, 11) is 0. The molecule has 0 spiro atoms. The normalized spacial score (nSPS) is 14.8. The fourth-order valence-electron chi connectivity index (χ4n) is 3.28. The Hall–Kier alpha value is -2.18. The van der Waals surface area contributed by atoms with E-state index in [4.69, 9.17) is 4.74 Å². The zero-order valence-electron chi connectivity index (χ0n) is 16.0. The van der Waals surface area contributed by atoms with Gasteiger partial charge in [0.2, 0.25) is 5.91 Å². The summed E-state index contributed by atoms with van der Waals surface area (Å²) in [4.78, 5) is 18.1. The van der Waals surface area contributed by atoms with Gasteiger partial charge >= 0.3 is 0 Å². The lowest BCUT2D eigenvalue weighted by Crippen LogP contribution is -2.48. The lowest BCUT2D eigenvalue weighted by Gasteiger charge is -2.36. The highest BCUT2D eigenvalue weighted by Gasteiger charge is 2.21. The lowest BCUT2D eigenvalue weighted by atomic mass is 10.2. The molecule has 0 aliphatic carbocycles. The number of hydrogen-bond acceptors (Lipinski definition) is 5. The molecular weight excluding hydrogens is 358 g/mol. The van der Waals surface area contributed by atoms with Gasteiger partial charge in [-0.25, -0.2) is 0 Å². The summed E-state index contributed by atoms with van der Waals surface area (Å²) in [5, 5.41) is 3.04. The smallest absolute Gasteiger partial charge is 0.238 e. The molecule has 6 heteroatoms. The van der Waals surface area contributed by atoms with Gasteiger partial charge < -0.3 is 15.0 Å². The van der Waals surface area contributed by atoms with Gasteiger partial charge in [0.25, 0.3) is 0 Å². The number of para-hydroxylation sites is 3. The molecule has 1 aliphatic rings. The van der Waals surface area contributed by atoms with E-state index in [0.717, 1.165) is 48.2 Å². The monoisotopic (exact) mass is 385 g/mol. The van der Waals surface area contributed by atoms with Crippen LogP contribution in [-0.4, -0.2) is 56.4 Å². The molecule has 1 saturated heterocycles. The van der Waals surface area contributed by atoms with Crippen LogP contribution in [0, 0.1) is 0 Å². The Bertz CT molecular complexity index is 761. The Morgan fingerprint density at radius 1 is 1.07 bits per heavy atom. The van der Waals surface area contributed by atoms with E-state index >= 15 is 0 Å². The molecule has 2 aromatic rings. The van der Waals surface area contributed by atoms with Crippen LogP contribution in [0.3, 0.4) is 0 Å². The van der Waals surface area contributed by atoms with Gasteiger partial charge in [-0.05, 0) is 37.4 Å². The third-order valence-corrected chi connectivity index (χ3v) is 5.42. The summed E-state index contributed by atoms with van der Waals surface area (Å²) in [5.74, 6) is 0.972. The Balaban J connectivity index is 1.53. The lowest BCUT2D eigenvalue weighted by molar-refractivity contribution is -0.117. The first-order valence-corrected chi connectivity index (χ1v) is 10.6. The number of carbonyl (C=O) groups excluding carboxylic acids is 1. The van der Waals surface area contributed by atoms with Gasteiger partial charge in [-0.2, -0.15) is 0 Å². The van der Waals surface area contributed by atoms with Gasteiger partial charge in [0.1, 0.15) is 5.75 Å². The SMILES string of the molecule is CCOc1ccccc1N1CCN(CC(=O)Nc2ccccc2SC)CC1. The maximum atomic E-state index is 12.4. The quantitative estimate of drug-likeness (QED) is 0.738. The van der Waals surface area contributed by atoms with Crippen molar-refractivity contribution in [2.45, 2.75) is 11.8 Å². The molecule has 1 heterocycles. The average Bonchev–Trinajstić information content (AvgIpc) is 2.70. The maximum Gasteiger partial charge on any atom is 0.238 e. The van der Waals surface area contributed by atoms with Crippen molar-refractivity contribution in [1.82, 2.24) is 4.90 Å². The molecule has 0 bridgehead atoms. The molecular formula is C21H27N3O2S. The minimum Gasteiger partial charge on any atom is -0.492 e. The molecule has 1 N–H and O–H groups in total. The minimum atomic E-state index is 0.0414. The number of hydrogen-bond donors (Lipinski definition) is 1. The third-order valence-electron chi connectivity index (χ3n) is 4.63. The van der Waals surface area contributed by atoms with Crippen LogP contribution in [0.5, 0.6) is 5.75 Å². The Kier molecular flexibility index (Phi) is 7.01.